The molecule has 29 heavy (non-hydrogen) atoms. The van der Waals surface area contributed by atoms with Crippen LogP contribution in [0.15, 0.2) is 28.8 Å². The van der Waals surface area contributed by atoms with Gasteiger partial charge in [0.25, 0.3) is 11.6 Å². The minimum atomic E-state index is -1.13. The van der Waals surface area contributed by atoms with Crippen molar-refractivity contribution in [2.75, 3.05) is 20.8 Å². The van der Waals surface area contributed by atoms with E-state index in [1.165, 1.54) is 19.1 Å². The van der Waals surface area contributed by atoms with E-state index in [1.54, 1.807) is 38.1 Å². The van der Waals surface area contributed by atoms with Crippen molar-refractivity contribution in [2.45, 2.75) is 20.4 Å². The van der Waals surface area contributed by atoms with E-state index in [-0.39, 0.29) is 12.3 Å². The summed E-state index contributed by atoms with van der Waals surface area (Å²) in [5, 5.41) is 13.7. The number of carboxylic acid groups (broad SMARTS) is 1. The molecule has 0 aliphatic heterocycles. The Morgan fingerprint density at radius 2 is 1.76 bits per heavy atom. The van der Waals surface area contributed by atoms with E-state index in [4.69, 9.17) is 14.0 Å². The Labute approximate surface area is 166 Å². The fourth-order valence-electron chi connectivity index (χ4n) is 3.10. The average Bonchev–Trinajstić information content (AvgIpc) is 3.06. The van der Waals surface area contributed by atoms with Gasteiger partial charge in [0.05, 0.1) is 30.9 Å². The molecule has 9 nitrogen and oxygen atoms in total. The van der Waals surface area contributed by atoms with Crippen LogP contribution in [0.25, 0.3) is 11.1 Å². The average molecular weight is 399 g/mol. The molecule has 0 fully saturated rings. The first kappa shape index (κ1) is 20.1. The van der Waals surface area contributed by atoms with E-state index in [2.05, 4.69) is 10.1 Å². The lowest BCUT2D eigenvalue weighted by molar-refractivity contribution is -0.137. The molecular weight excluding hydrogens is 378 g/mol. The number of amides is 1. The number of nitrogens with zero attached hydrogens (tertiary/aromatic N) is 3. The summed E-state index contributed by atoms with van der Waals surface area (Å²) in [4.78, 5) is 30.2. The smallest absolute Gasteiger partial charge is 0.323 e. The Morgan fingerprint density at radius 1 is 1.10 bits per heavy atom. The lowest BCUT2D eigenvalue weighted by Crippen LogP contribution is -2.35. The monoisotopic (exact) mass is 399 g/mol. The van der Waals surface area contributed by atoms with Crippen molar-refractivity contribution >= 4 is 23.0 Å². The van der Waals surface area contributed by atoms with Crippen molar-refractivity contribution in [1.29, 1.82) is 0 Å². The second-order valence-electron chi connectivity index (χ2n) is 6.54. The molecule has 3 rings (SSSR count). The van der Waals surface area contributed by atoms with Crippen LogP contribution in [0.1, 0.15) is 27.3 Å². The van der Waals surface area contributed by atoms with Gasteiger partial charge in [0.15, 0.2) is 0 Å². The summed E-state index contributed by atoms with van der Waals surface area (Å²) < 4.78 is 15.7. The van der Waals surface area contributed by atoms with Crippen LogP contribution in [0, 0.1) is 13.8 Å². The molecule has 0 radical (unpaired) electrons. The number of rotatable bonds is 7. The Morgan fingerprint density at radius 3 is 2.34 bits per heavy atom. The number of methoxy groups -OCH3 is 2. The van der Waals surface area contributed by atoms with Crippen LogP contribution in [0.5, 0.6) is 11.5 Å². The molecule has 0 aliphatic carbocycles. The molecule has 1 amide bonds. The molecule has 152 valence electrons. The number of aliphatic carboxylic acids is 1. The molecule has 0 unspecified atom stereocenters. The lowest BCUT2D eigenvalue weighted by Gasteiger charge is -2.22. The number of benzene rings is 1. The van der Waals surface area contributed by atoms with Gasteiger partial charge in [0.1, 0.15) is 18.0 Å². The maximum Gasteiger partial charge on any atom is 0.323 e. The van der Waals surface area contributed by atoms with Crippen LogP contribution in [0.2, 0.25) is 0 Å². The second-order valence-corrected chi connectivity index (χ2v) is 6.54. The second kappa shape index (κ2) is 8.17. The molecule has 3 aromatic rings. The summed E-state index contributed by atoms with van der Waals surface area (Å²) in [5.74, 6) is -0.508. The number of fused-ring (bicyclic) bond motifs is 1. The van der Waals surface area contributed by atoms with E-state index in [1.807, 2.05) is 0 Å². The van der Waals surface area contributed by atoms with Gasteiger partial charge in [-0.3, -0.25) is 9.59 Å². The van der Waals surface area contributed by atoms with Gasteiger partial charge in [0.2, 0.25) is 0 Å². The van der Waals surface area contributed by atoms with Crippen molar-refractivity contribution in [3.05, 3.63) is 46.8 Å². The van der Waals surface area contributed by atoms with Gasteiger partial charge in [-0.25, -0.2) is 4.98 Å². The Bertz CT molecular complexity index is 1050. The molecule has 0 spiro atoms. The SMILES string of the molecule is COc1cc(CN(CC(=O)O)C(=O)c2cc(C)nc3onc(C)c23)cc(OC)c1. The van der Waals surface area contributed by atoms with E-state index in [9.17, 15) is 14.7 Å². The van der Waals surface area contributed by atoms with Gasteiger partial charge in [-0.1, -0.05) is 5.16 Å². The van der Waals surface area contributed by atoms with Gasteiger partial charge in [-0.2, -0.15) is 0 Å². The van der Waals surface area contributed by atoms with Gasteiger partial charge in [-0.15, -0.1) is 0 Å². The van der Waals surface area contributed by atoms with Crippen molar-refractivity contribution in [2.24, 2.45) is 0 Å². The number of carboxylic acids is 1. The highest BCUT2D eigenvalue weighted by Gasteiger charge is 2.24. The highest BCUT2D eigenvalue weighted by atomic mass is 16.5. The van der Waals surface area contributed by atoms with E-state index >= 15 is 0 Å². The van der Waals surface area contributed by atoms with Crippen LogP contribution >= 0.6 is 0 Å². The Balaban J connectivity index is 2.03. The summed E-state index contributed by atoms with van der Waals surface area (Å²) >= 11 is 0. The molecule has 2 aromatic heterocycles. The standard InChI is InChI=1S/C20H21N3O6/c1-11-5-16(18-12(2)22-29-19(18)21-11)20(26)23(10-17(24)25)9-13-6-14(27-3)8-15(7-13)28-4/h5-8H,9-10H2,1-4H3,(H,24,25). The van der Waals surface area contributed by atoms with Gasteiger partial charge in [-0.05, 0) is 37.6 Å². The zero-order valence-electron chi connectivity index (χ0n) is 16.6. The molecule has 1 aromatic carbocycles. The zero-order chi connectivity index (χ0) is 21.1. The number of hydrogen-bond donors (Lipinski definition) is 1. The first-order valence-electron chi connectivity index (χ1n) is 8.79. The summed E-state index contributed by atoms with van der Waals surface area (Å²) in [5.41, 5.74) is 2.27. The fourth-order valence-corrected chi connectivity index (χ4v) is 3.10. The number of hydrogen-bond acceptors (Lipinski definition) is 7. The predicted octanol–water partition coefficient (Wildman–Crippen LogP) is 2.58. The van der Waals surface area contributed by atoms with Crippen LogP contribution in [-0.2, 0) is 11.3 Å². The van der Waals surface area contributed by atoms with E-state index in [0.29, 0.717) is 39.4 Å². The molecule has 0 bridgehead atoms. The molecule has 0 saturated carbocycles. The molecule has 0 atom stereocenters. The van der Waals surface area contributed by atoms with Crippen molar-refractivity contribution < 1.29 is 28.7 Å². The number of aromatic nitrogens is 2. The van der Waals surface area contributed by atoms with Crippen molar-refractivity contribution in [3.63, 3.8) is 0 Å². The topological polar surface area (TPSA) is 115 Å². The highest BCUT2D eigenvalue weighted by molar-refractivity contribution is 6.06. The summed E-state index contributed by atoms with van der Waals surface area (Å²) in [6, 6.07) is 6.75. The highest BCUT2D eigenvalue weighted by Crippen LogP contribution is 2.26. The molecule has 1 N–H and O–H groups in total. The van der Waals surface area contributed by atoms with Crippen molar-refractivity contribution in [1.82, 2.24) is 15.0 Å². The summed E-state index contributed by atoms with van der Waals surface area (Å²) in [7, 11) is 3.04. The maximum atomic E-state index is 13.3. The van der Waals surface area contributed by atoms with Crippen LogP contribution in [-0.4, -0.2) is 52.8 Å². The van der Waals surface area contributed by atoms with Gasteiger partial charge >= 0.3 is 5.97 Å². The molecule has 9 heteroatoms. The van der Waals surface area contributed by atoms with Crippen LogP contribution < -0.4 is 9.47 Å². The molecule has 0 aliphatic rings. The number of pyridine rings is 1. The number of aryl methyl sites for hydroxylation is 2. The Hall–Kier alpha value is -3.62. The number of carbonyl (C=O) groups is 2. The van der Waals surface area contributed by atoms with E-state index in [0.717, 1.165) is 0 Å². The summed E-state index contributed by atoms with van der Waals surface area (Å²) in [6.45, 7) is 2.99. The minimum absolute atomic E-state index is 0.0475. The van der Waals surface area contributed by atoms with Crippen molar-refractivity contribution in [3.8, 4) is 11.5 Å². The maximum absolute atomic E-state index is 13.3. The van der Waals surface area contributed by atoms with E-state index < -0.39 is 18.4 Å². The van der Waals surface area contributed by atoms with Crippen LogP contribution in [0.4, 0.5) is 0 Å². The minimum Gasteiger partial charge on any atom is -0.497 e. The van der Waals surface area contributed by atoms with Gasteiger partial charge in [0, 0.05) is 18.3 Å². The third kappa shape index (κ3) is 4.29. The first-order chi connectivity index (χ1) is 13.8. The molecule has 0 saturated heterocycles. The Kier molecular flexibility index (Phi) is 5.67. The van der Waals surface area contributed by atoms with Crippen LogP contribution in [0.3, 0.4) is 0 Å². The van der Waals surface area contributed by atoms with Gasteiger partial charge < -0.3 is 24.0 Å². The lowest BCUT2D eigenvalue weighted by atomic mass is 10.1. The molecular formula is C20H21N3O6. The largest absolute Gasteiger partial charge is 0.497 e. The summed E-state index contributed by atoms with van der Waals surface area (Å²) in [6.07, 6.45) is 0. The number of carbonyl (C=O) groups excluding carboxylic acids is 1. The third-order valence-electron chi connectivity index (χ3n) is 4.37. The quantitative estimate of drug-likeness (QED) is 0.645. The normalized spacial score (nSPS) is 10.8. The third-order valence-corrected chi connectivity index (χ3v) is 4.37. The predicted molar refractivity (Wildman–Crippen MR) is 103 cm³/mol. The zero-order valence-corrected chi connectivity index (χ0v) is 16.6. The number of ether oxygens (including phenoxy) is 2. The fraction of sp³-hybridized carbons (Fsp3) is 0.300. The first-order valence-corrected chi connectivity index (χ1v) is 8.79. The molecule has 2 heterocycles.